The molecule has 0 spiro atoms. The molecule has 7 heteroatoms. The van der Waals surface area contributed by atoms with Crippen LogP contribution in [0.1, 0.15) is 52.9 Å². The number of hydrogen-bond acceptors (Lipinski definition) is 6. The molecule has 0 heterocycles. The van der Waals surface area contributed by atoms with Gasteiger partial charge in [0, 0.05) is 24.8 Å². The van der Waals surface area contributed by atoms with Crippen molar-refractivity contribution in [3.05, 3.63) is 88.7 Å². The first-order chi connectivity index (χ1) is 17.0. The minimum absolute atomic E-state index is 0.00504. The maximum absolute atomic E-state index is 15.8. The number of halogens is 1. The number of ether oxygens (including phenoxy) is 3. The van der Waals surface area contributed by atoms with Crippen molar-refractivity contribution in [2.75, 3.05) is 25.6 Å². The molecule has 0 saturated carbocycles. The van der Waals surface area contributed by atoms with Crippen molar-refractivity contribution in [2.24, 2.45) is 0 Å². The van der Waals surface area contributed by atoms with Crippen LogP contribution in [0.2, 0.25) is 0 Å². The third-order valence-corrected chi connectivity index (χ3v) is 5.65. The standard InChI is InChI=1S/C28H32FNO5/c1-4-5-16-34-27-23(28(32)35-21-14-10-7-11-15-21)19(2)25(29)24(22(18-31)33-3)26(27)30-17-20-12-8-6-9-13-20/h6-15,22,30-31H,4-5,16-18H2,1-3H3. The normalized spacial score (nSPS) is 11.7. The molecule has 0 aliphatic rings. The lowest BCUT2D eigenvalue weighted by atomic mass is 9.96. The minimum atomic E-state index is -0.959. The zero-order valence-corrected chi connectivity index (χ0v) is 20.3. The van der Waals surface area contributed by atoms with Gasteiger partial charge in [-0.15, -0.1) is 0 Å². The van der Waals surface area contributed by atoms with E-state index in [1.807, 2.05) is 43.3 Å². The Bertz CT molecular complexity index is 1100. The number of carbonyl (C=O) groups is 1. The lowest BCUT2D eigenvalue weighted by Crippen LogP contribution is -2.20. The third-order valence-electron chi connectivity index (χ3n) is 5.65. The van der Waals surface area contributed by atoms with Crippen molar-refractivity contribution in [3.8, 4) is 11.5 Å². The quantitative estimate of drug-likeness (QED) is 0.193. The lowest BCUT2D eigenvalue weighted by molar-refractivity contribution is 0.0460. The van der Waals surface area contributed by atoms with Crippen LogP contribution in [-0.2, 0) is 11.3 Å². The topological polar surface area (TPSA) is 77.0 Å². The average molecular weight is 482 g/mol. The van der Waals surface area contributed by atoms with Crippen LogP contribution in [0, 0.1) is 12.7 Å². The van der Waals surface area contributed by atoms with Gasteiger partial charge in [-0.05, 0) is 31.0 Å². The molecular formula is C28H32FNO5. The van der Waals surface area contributed by atoms with Gasteiger partial charge in [0.2, 0.25) is 0 Å². The SMILES string of the molecule is CCCCOc1c(NCc2ccccc2)c(C(CO)OC)c(F)c(C)c1C(=O)Oc1ccccc1. The molecule has 186 valence electrons. The number of carbonyl (C=O) groups excluding carboxylic acids is 1. The number of nitrogens with one attached hydrogen (secondary N) is 1. The van der Waals surface area contributed by atoms with E-state index in [9.17, 15) is 9.90 Å². The molecule has 3 aromatic carbocycles. The summed E-state index contributed by atoms with van der Waals surface area (Å²) in [5.41, 5.74) is 1.37. The van der Waals surface area contributed by atoms with Gasteiger partial charge < -0.3 is 24.6 Å². The summed E-state index contributed by atoms with van der Waals surface area (Å²) in [7, 11) is 1.39. The molecule has 35 heavy (non-hydrogen) atoms. The summed E-state index contributed by atoms with van der Waals surface area (Å²) in [6, 6.07) is 18.2. The average Bonchev–Trinajstić information content (AvgIpc) is 2.88. The van der Waals surface area contributed by atoms with Gasteiger partial charge in [-0.2, -0.15) is 0 Å². The number of methoxy groups -OCH3 is 1. The zero-order chi connectivity index (χ0) is 25.2. The lowest BCUT2D eigenvalue weighted by Gasteiger charge is -2.25. The monoisotopic (exact) mass is 481 g/mol. The molecule has 0 bridgehead atoms. The van der Waals surface area contributed by atoms with E-state index in [1.54, 1.807) is 24.3 Å². The number of rotatable bonds is 12. The van der Waals surface area contributed by atoms with Crippen LogP contribution >= 0.6 is 0 Å². The summed E-state index contributed by atoms with van der Waals surface area (Å²) >= 11 is 0. The maximum atomic E-state index is 15.8. The van der Waals surface area contributed by atoms with Crippen molar-refractivity contribution in [1.29, 1.82) is 0 Å². The highest BCUT2D eigenvalue weighted by Gasteiger charge is 2.32. The molecule has 3 aromatic rings. The molecule has 0 aliphatic carbocycles. The molecule has 2 N–H and O–H groups in total. The molecule has 0 saturated heterocycles. The molecule has 1 unspecified atom stereocenters. The fourth-order valence-electron chi connectivity index (χ4n) is 3.74. The number of anilines is 1. The van der Waals surface area contributed by atoms with Gasteiger partial charge in [0.1, 0.15) is 23.2 Å². The van der Waals surface area contributed by atoms with Gasteiger partial charge in [0.05, 0.1) is 18.9 Å². The smallest absolute Gasteiger partial charge is 0.347 e. The highest BCUT2D eigenvalue weighted by molar-refractivity contribution is 5.98. The fraction of sp³-hybridized carbons (Fsp3) is 0.321. The van der Waals surface area contributed by atoms with Crippen molar-refractivity contribution in [1.82, 2.24) is 0 Å². The summed E-state index contributed by atoms with van der Waals surface area (Å²) in [5, 5.41) is 13.2. The second-order valence-corrected chi connectivity index (χ2v) is 8.08. The fourth-order valence-corrected chi connectivity index (χ4v) is 3.74. The van der Waals surface area contributed by atoms with Gasteiger partial charge in [-0.1, -0.05) is 61.9 Å². The number of aliphatic hydroxyl groups excluding tert-OH is 1. The molecule has 0 radical (unpaired) electrons. The molecule has 0 fully saturated rings. The van der Waals surface area contributed by atoms with Gasteiger partial charge in [-0.25, -0.2) is 9.18 Å². The van der Waals surface area contributed by atoms with E-state index < -0.39 is 24.5 Å². The Morgan fingerprint density at radius 2 is 1.74 bits per heavy atom. The minimum Gasteiger partial charge on any atom is -0.490 e. The number of aliphatic hydroxyl groups is 1. The number of benzene rings is 3. The highest BCUT2D eigenvalue weighted by atomic mass is 19.1. The van der Waals surface area contributed by atoms with Crippen LogP contribution in [-0.4, -0.2) is 31.4 Å². The second-order valence-electron chi connectivity index (χ2n) is 8.08. The number of unbranched alkanes of at least 4 members (excludes halogenated alkanes) is 1. The maximum Gasteiger partial charge on any atom is 0.347 e. The number of hydrogen-bond donors (Lipinski definition) is 2. The Morgan fingerprint density at radius 3 is 2.34 bits per heavy atom. The summed E-state index contributed by atoms with van der Waals surface area (Å²) in [4.78, 5) is 13.3. The zero-order valence-electron chi connectivity index (χ0n) is 20.3. The predicted octanol–water partition coefficient (Wildman–Crippen LogP) is 5.82. The molecule has 0 amide bonds. The Balaban J connectivity index is 2.16. The Morgan fingerprint density at radius 1 is 1.09 bits per heavy atom. The van der Waals surface area contributed by atoms with Gasteiger partial charge in [0.15, 0.2) is 5.75 Å². The van der Waals surface area contributed by atoms with E-state index in [-0.39, 0.29) is 28.1 Å². The predicted molar refractivity (Wildman–Crippen MR) is 134 cm³/mol. The van der Waals surface area contributed by atoms with Crippen LogP contribution in [0.5, 0.6) is 11.5 Å². The second kappa shape index (κ2) is 12.9. The first-order valence-electron chi connectivity index (χ1n) is 11.7. The molecule has 0 aliphatic heterocycles. The highest BCUT2D eigenvalue weighted by Crippen LogP contribution is 2.42. The number of esters is 1. The van der Waals surface area contributed by atoms with E-state index in [2.05, 4.69) is 5.32 Å². The van der Waals surface area contributed by atoms with Crippen molar-refractivity contribution < 1.29 is 28.5 Å². The van der Waals surface area contributed by atoms with Crippen LogP contribution in [0.25, 0.3) is 0 Å². The van der Waals surface area contributed by atoms with E-state index in [0.717, 1.165) is 18.4 Å². The Labute approximate surface area is 205 Å². The van der Waals surface area contributed by atoms with Gasteiger partial charge in [0.25, 0.3) is 0 Å². The molecule has 1 atom stereocenters. The van der Waals surface area contributed by atoms with Gasteiger partial charge >= 0.3 is 5.97 Å². The van der Waals surface area contributed by atoms with Crippen LogP contribution in [0.4, 0.5) is 10.1 Å². The largest absolute Gasteiger partial charge is 0.490 e. The van der Waals surface area contributed by atoms with E-state index in [0.29, 0.717) is 18.9 Å². The van der Waals surface area contributed by atoms with E-state index >= 15 is 4.39 Å². The molecule has 3 rings (SSSR count). The van der Waals surface area contributed by atoms with E-state index in [1.165, 1.54) is 14.0 Å². The van der Waals surface area contributed by atoms with E-state index in [4.69, 9.17) is 14.2 Å². The van der Waals surface area contributed by atoms with Crippen LogP contribution < -0.4 is 14.8 Å². The van der Waals surface area contributed by atoms with Gasteiger partial charge in [-0.3, -0.25) is 0 Å². The summed E-state index contributed by atoms with van der Waals surface area (Å²) in [6.07, 6.45) is 0.658. The summed E-state index contributed by atoms with van der Waals surface area (Å²) in [6.45, 7) is 3.74. The van der Waals surface area contributed by atoms with Crippen LogP contribution in [0.15, 0.2) is 60.7 Å². The summed E-state index contributed by atoms with van der Waals surface area (Å²) in [5.74, 6) is -0.875. The van der Waals surface area contributed by atoms with Crippen molar-refractivity contribution >= 4 is 11.7 Å². The van der Waals surface area contributed by atoms with Crippen molar-refractivity contribution in [3.63, 3.8) is 0 Å². The first-order valence-corrected chi connectivity index (χ1v) is 11.7. The molecule has 0 aromatic heterocycles. The van der Waals surface area contributed by atoms with Crippen LogP contribution in [0.3, 0.4) is 0 Å². The number of para-hydroxylation sites is 1. The Kier molecular flexibility index (Phi) is 9.64. The third kappa shape index (κ3) is 6.38. The molecular weight excluding hydrogens is 449 g/mol. The molecule has 6 nitrogen and oxygen atoms in total. The Hall–Kier alpha value is -3.42. The summed E-state index contributed by atoms with van der Waals surface area (Å²) < 4.78 is 32.9. The first kappa shape index (κ1) is 26.2. The van der Waals surface area contributed by atoms with Crippen molar-refractivity contribution in [2.45, 2.75) is 39.3 Å².